The molecule has 0 saturated carbocycles. The molecule has 2 aromatic heterocycles. The monoisotopic (exact) mass is 349 g/mol. The lowest BCUT2D eigenvalue weighted by Crippen LogP contribution is -2.08. The van der Waals surface area contributed by atoms with E-state index in [-0.39, 0.29) is 0 Å². The van der Waals surface area contributed by atoms with Gasteiger partial charge in [0.15, 0.2) is 0 Å². The molecule has 2 rings (SSSR count). The third-order valence-corrected chi connectivity index (χ3v) is 4.87. The fraction of sp³-hybridized carbons (Fsp3) is 0.455. The number of hydrogen-bond acceptors (Lipinski definition) is 4. The van der Waals surface area contributed by atoms with E-state index in [1.54, 1.807) is 6.20 Å². The van der Waals surface area contributed by atoms with Crippen LogP contribution in [0.3, 0.4) is 0 Å². The number of halogens is 2. The lowest BCUT2D eigenvalue weighted by atomic mass is 10.2. The van der Waals surface area contributed by atoms with Crippen LogP contribution in [0, 0.1) is 6.92 Å². The molecular formula is C11H13BrClN3OS. The number of aromatic nitrogens is 3. The summed E-state index contributed by atoms with van der Waals surface area (Å²) in [5, 5.41) is 15.2. The molecule has 4 nitrogen and oxygen atoms in total. The maximum absolute atomic E-state index is 10.2. The van der Waals surface area contributed by atoms with E-state index < -0.39 is 6.10 Å². The molecule has 0 bridgehead atoms. The Morgan fingerprint density at radius 3 is 2.89 bits per heavy atom. The van der Waals surface area contributed by atoms with Gasteiger partial charge < -0.3 is 5.11 Å². The van der Waals surface area contributed by atoms with E-state index in [9.17, 15) is 5.11 Å². The van der Waals surface area contributed by atoms with E-state index in [4.69, 9.17) is 11.6 Å². The lowest BCUT2D eigenvalue weighted by Gasteiger charge is -2.09. The first-order valence-corrected chi connectivity index (χ1v) is 7.52. The normalized spacial score (nSPS) is 12.9. The Morgan fingerprint density at radius 2 is 2.33 bits per heavy atom. The van der Waals surface area contributed by atoms with E-state index in [2.05, 4.69) is 26.0 Å². The van der Waals surface area contributed by atoms with Crippen LogP contribution in [0.15, 0.2) is 10.7 Å². The van der Waals surface area contributed by atoms with Crippen LogP contribution in [0.25, 0.3) is 0 Å². The quantitative estimate of drug-likeness (QED) is 0.920. The minimum Gasteiger partial charge on any atom is -0.386 e. The molecule has 0 aromatic carbocycles. The Morgan fingerprint density at radius 1 is 1.61 bits per heavy atom. The van der Waals surface area contributed by atoms with Gasteiger partial charge in [0.1, 0.15) is 15.4 Å². The summed E-state index contributed by atoms with van der Waals surface area (Å²) in [5.41, 5.74) is 1.91. The molecule has 0 radical (unpaired) electrons. The number of aliphatic hydroxyl groups is 1. The first kappa shape index (κ1) is 14.0. The van der Waals surface area contributed by atoms with Gasteiger partial charge in [-0.3, -0.25) is 4.68 Å². The van der Waals surface area contributed by atoms with Gasteiger partial charge in [-0.2, -0.15) is 5.10 Å². The predicted molar refractivity (Wildman–Crippen MR) is 76.1 cm³/mol. The molecule has 1 unspecified atom stereocenters. The highest BCUT2D eigenvalue weighted by molar-refractivity contribution is 9.10. The number of aryl methyl sites for hydroxylation is 2. The first-order valence-electron chi connectivity index (χ1n) is 5.54. The number of rotatable bonds is 4. The minimum absolute atomic E-state index is 0.471. The summed E-state index contributed by atoms with van der Waals surface area (Å²) in [6, 6.07) is 0. The van der Waals surface area contributed by atoms with Crippen molar-refractivity contribution in [2.75, 3.05) is 0 Å². The van der Waals surface area contributed by atoms with Crippen molar-refractivity contribution in [3.63, 3.8) is 0 Å². The van der Waals surface area contributed by atoms with Gasteiger partial charge in [-0.25, -0.2) is 4.98 Å². The fourth-order valence-electron chi connectivity index (χ4n) is 1.76. The van der Waals surface area contributed by atoms with E-state index in [1.807, 2.05) is 18.5 Å². The highest BCUT2D eigenvalue weighted by Crippen LogP contribution is 2.29. The lowest BCUT2D eigenvalue weighted by molar-refractivity contribution is 0.174. The third-order valence-electron chi connectivity index (χ3n) is 2.62. The van der Waals surface area contributed by atoms with E-state index in [0.717, 1.165) is 22.4 Å². The second-order valence-electron chi connectivity index (χ2n) is 3.88. The highest BCUT2D eigenvalue weighted by atomic mass is 79.9. The van der Waals surface area contributed by atoms with Gasteiger partial charge >= 0.3 is 0 Å². The Kier molecular flexibility index (Phi) is 4.42. The zero-order chi connectivity index (χ0) is 13.3. The van der Waals surface area contributed by atoms with Crippen LogP contribution in [-0.4, -0.2) is 19.9 Å². The molecule has 2 aromatic rings. The molecule has 0 amide bonds. The first-order chi connectivity index (χ1) is 8.52. The van der Waals surface area contributed by atoms with Crippen LogP contribution in [0.2, 0.25) is 4.34 Å². The highest BCUT2D eigenvalue weighted by Gasteiger charge is 2.19. The van der Waals surface area contributed by atoms with Gasteiger partial charge in [0, 0.05) is 13.0 Å². The Hall–Kier alpha value is -0.430. The van der Waals surface area contributed by atoms with Crippen molar-refractivity contribution >= 4 is 38.9 Å². The number of aliphatic hydroxyl groups excluding tert-OH is 1. The maximum Gasteiger partial charge on any atom is 0.123 e. The molecule has 2 heterocycles. The molecule has 18 heavy (non-hydrogen) atoms. The molecule has 0 spiro atoms. The average Bonchev–Trinajstić information content (AvgIpc) is 2.88. The maximum atomic E-state index is 10.2. The SMILES string of the molecule is CCn1nc(C)c(Br)c1CC(O)c1ncc(Cl)s1. The zero-order valence-corrected chi connectivity index (χ0v) is 13.2. The summed E-state index contributed by atoms with van der Waals surface area (Å²) in [6.07, 6.45) is 1.38. The van der Waals surface area contributed by atoms with Gasteiger partial charge in [-0.15, -0.1) is 11.3 Å². The minimum atomic E-state index is -0.653. The van der Waals surface area contributed by atoms with Crippen LogP contribution in [-0.2, 0) is 13.0 Å². The molecule has 0 aliphatic carbocycles. The van der Waals surface area contributed by atoms with Crippen LogP contribution in [0.5, 0.6) is 0 Å². The molecule has 0 fully saturated rings. The van der Waals surface area contributed by atoms with Crippen molar-refractivity contribution in [2.45, 2.75) is 32.9 Å². The van der Waals surface area contributed by atoms with Crippen molar-refractivity contribution in [2.24, 2.45) is 0 Å². The van der Waals surface area contributed by atoms with Gasteiger partial charge in [0.25, 0.3) is 0 Å². The third kappa shape index (κ3) is 2.77. The Labute approximate surface area is 123 Å². The average molecular weight is 351 g/mol. The largest absolute Gasteiger partial charge is 0.386 e. The van der Waals surface area contributed by atoms with Gasteiger partial charge in [0.05, 0.1) is 22.1 Å². The number of thiazole rings is 1. The molecule has 7 heteroatoms. The van der Waals surface area contributed by atoms with Crippen LogP contribution < -0.4 is 0 Å². The predicted octanol–water partition coefficient (Wildman–Crippen LogP) is 3.36. The Bertz CT molecular complexity index is 554. The van der Waals surface area contributed by atoms with Gasteiger partial charge in [-0.1, -0.05) is 11.6 Å². The molecular weight excluding hydrogens is 338 g/mol. The molecule has 0 aliphatic heterocycles. The van der Waals surface area contributed by atoms with Crippen molar-refractivity contribution < 1.29 is 5.11 Å². The topological polar surface area (TPSA) is 50.9 Å². The second-order valence-corrected chi connectivity index (χ2v) is 6.37. The number of nitrogens with zero attached hydrogens (tertiary/aromatic N) is 3. The molecule has 0 saturated heterocycles. The van der Waals surface area contributed by atoms with Crippen LogP contribution in [0.1, 0.15) is 29.4 Å². The van der Waals surface area contributed by atoms with Crippen LogP contribution >= 0.6 is 38.9 Å². The van der Waals surface area contributed by atoms with E-state index in [1.165, 1.54) is 11.3 Å². The van der Waals surface area contributed by atoms with E-state index >= 15 is 0 Å². The molecule has 0 aliphatic rings. The summed E-state index contributed by atoms with van der Waals surface area (Å²) < 4.78 is 3.42. The summed E-state index contributed by atoms with van der Waals surface area (Å²) >= 11 is 10.6. The summed E-state index contributed by atoms with van der Waals surface area (Å²) in [6.45, 7) is 4.73. The summed E-state index contributed by atoms with van der Waals surface area (Å²) in [7, 11) is 0. The summed E-state index contributed by atoms with van der Waals surface area (Å²) in [5.74, 6) is 0. The Balaban J connectivity index is 2.23. The van der Waals surface area contributed by atoms with E-state index in [0.29, 0.717) is 15.8 Å². The second kappa shape index (κ2) is 5.69. The number of hydrogen-bond donors (Lipinski definition) is 1. The van der Waals surface area contributed by atoms with Crippen molar-refractivity contribution in [3.05, 3.63) is 31.4 Å². The van der Waals surface area contributed by atoms with Crippen LogP contribution in [0.4, 0.5) is 0 Å². The van der Waals surface area contributed by atoms with Gasteiger partial charge in [-0.05, 0) is 29.8 Å². The molecule has 98 valence electrons. The molecule has 1 N–H and O–H groups in total. The van der Waals surface area contributed by atoms with Gasteiger partial charge in [0.2, 0.25) is 0 Å². The fourth-order valence-corrected chi connectivity index (χ4v) is 3.12. The van der Waals surface area contributed by atoms with Crippen molar-refractivity contribution in [3.8, 4) is 0 Å². The summed E-state index contributed by atoms with van der Waals surface area (Å²) in [4.78, 5) is 4.10. The van der Waals surface area contributed by atoms with Crippen molar-refractivity contribution in [1.29, 1.82) is 0 Å². The smallest absolute Gasteiger partial charge is 0.123 e. The van der Waals surface area contributed by atoms with Crippen molar-refractivity contribution in [1.82, 2.24) is 14.8 Å². The molecule has 1 atom stereocenters. The standard InChI is InChI=1S/C11H13BrClN3OS/c1-3-16-7(10(12)6(2)15-16)4-8(17)11-14-5-9(13)18-11/h5,8,17H,3-4H2,1-2H3. The zero-order valence-electron chi connectivity index (χ0n) is 10.0.